The molecule has 6 heterocycles. The van der Waals surface area contributed by atoms with Crippen molar-refractivity contribution in [3.63, 3.8) is 0 Å². The summed E-state index contributed by atoms with van der Waals surface area (Å²) in [7, 11) is 17.4. The number of nitrogens with one attached hydrogen (secondary N) is 6. The van der Waals surface area contributed by atoms with E-state index in [0.29, 0.717) is 50.6 Å². The van der Waals surface area contributed by atoms with E-state index in [0.717, 1.165) is 95.1 Å². The Hall–Kier alpha value is 0.540. The molecule has 49 heavy (non-hydrogen) atoms. The van der Waals surface area contributed by atoms with Crippen LogP contribution in [0.3, 0.4) is 0 Å². The second kappa shape index (κ2) is 29.0. The van der Waals surface area contributed by atoms with Crippen LogP contribution < -0.4 is 25.8 Å². The lowest BCUT2D eigenvalue weighted by Crippen LogP contribution is -3.08. The standard InChI is InChI=1S/C6H13NOS.C5H11NO2S.C5H11NOS.2C4H9NO2S.C4H9NOS/c1-7-5-3-2-4-6-9(7)8;1-6-2-3-8-4-5-9(6)7;1-6-4-2-3-5-8(6)7;1-5-4-7-2-3-8(5)6;1-5-2-3-7-4-8(5)6;1-5-3-2-4-7(5)6/h7H,1-6H2;6H,1-5H2;6H,1-5H2;2*5H,1-4H2;5H,1-4H2. The number of hydrogen-bond donors (Lipinski definition) is 6. The molecule has 6 saturated heterocycles. The predicted molar refractivity (Wildman–Crippen MR) is 196 cm³/mol. The zero-order chi connectivity index (χ0) is 36.6. The summed E-state index contributed by atoms with van der Waals surface area (Å²) in [5.41, 5.74) is 0. The second-order valence-corrected chi connectivity index (χ2v) is 21.3. The van der Waals surface area contributed by atoms with Crippen LogP contribution >= 0.6 is 0 Å². The van der Waals surface area contributed by atoms with E-state index < -0.39 is 65.9 Å². The largest absolute Gasteiger partial charge is 0.381 e. The average molecular weight is 819 g/mol. The number of ether oxygens (including phenoxy) is 3. The molecule has 6 aliphatic rings. The van der Waals surface area contributed by atoms with Gasteiger partial charge in [-0.3, -0.25) is 0 Å². The van der Waals surface area contributed by atoms with Gasteiger partial charge >= 0.3 is 0 Å². The molecule has 6 fully saturated rings. The maximum Gasteiger partial charge on any atom is 0.205 e. The highest BCUT2D eigenvalue weighted by Crippen LogP contribution is 1.96. The molecule has 0 saturated carbocycles. The van der Waals surface area contributed by atoms with Crippen molar-refractivity contribution >= 4 is 65.9 Å². The normalized spacial score (nSPS) is 39.3. The third kappa shape index (κ3) is 23.0. The topological polar surface area (TPSA) is 157 Å². The molecule has 21 heteroatoms. The van der Waals surface area contributed by atoms with Crippen molar-refractivity contribution in [1.82, 2.24) is 0 Å². The minimum atomic E-state index is -0.902. The Bertz CT molecular complexity index is 963. The summed E-state index contributed by atoms with van der Waals surface area (Å²) in [6.45, 7) is 7.53. The maximum absolute atomic E-state index is 11.0. The molecule has 15 nitrogen and oxygen atoms in total. The van der Waals surface area contributed by atoms with Gasteiger partial charge in [-0.1, -0.05) is 0 Å². The molecule has 0 aromatic rings. The predicted octanol–water partition coefficient (Wildman–Crippen LogP) is -7.65. The average Bonchev–Trinajstić information content (AvgIpc) is 3.22. The first kappa shape index (κ1) is 47.6. The van der Waals surface area contributed by atoms with Gasteiger partial charge in [-0.15, -0.1) is 42.3 Å². The van der Waals surface area contributed by atoms with E-state index in [1.807, 2.05) is 0 Å². The molecule has 6 N–H and O–H groups in total. The first-order chi connectivity index (χ1) is 23.3. The zero-order valence-electron chi connectivity index (χ0n) is 28.9. The van der Waals surface area contributed by atoms with E-state index in [-0.39, 0.29) is 0 Å². The molecule has 0 aliphatic carbocycles. The SMILES string of the molecule is [CH2-][NH+]1CCCCCS1=O.[CH2-][NH+]1CCCCS1=O.[CH2-][NH+]1CCCS1=O.[CH2-][NH+]1CCOCCS1=O.[CH2-][NH+]1CCOCS1=O.[CH2-][NH+]1COCCS1=O. The summed E-state index contributed by atoms with van der Waals surface area (Å²) < 4.78 is 84.9. The van der Waals surface area contributed by atoms with Gasteiger partial charge in [0.05, 0.1) is 87.9 Å². The van der Waals surface area contributed by atoms with Crippen molar-refractivity contribution < 1.29 is 65.3 Å². The van der Waals surface area contributed by atoms with Crippen molar-refractivity contribution in [3.8, 4) is 0 Å². The molecule has 12 atom stereocenters. The van der Waals surface area contributed by atoms with Crippen LogP contribution in [0.2, 0.25) is 0 Å². The van der Waals surface area contributed by atoms with E-state index in [4.69, 9.17) is 14.2 Å². The van der Waals surface area contributed by atoms with Gasteiger partial charge in [0.1, 0.15) is 0 Å². The highest BCUT2D eigenvalue weighted by atomic mass is 32.2. The molecule has 6 rings (SSSR count). The smallest absolute Gasteiger partial charge is 0.205 e. The Kier molecular flexibility index (Phi) is 28.1. The summed E-state index contributed by atoms with van der Waals surface area (Å²) in [4.78, 5) is 0. The van der Waals surface area contributed by atoms with E-state index in [1.165, 1.54) is 19.3 Å². The molecule has 294 valence electrons. The molecule has 0 radical (unpaired) electrons. The molecule has 0 aromatic carbocycles. The molecular weight excluding hydrogens is 757 g/mol. The van der Waals surface area contributed by atoms with Crippen LogP contribution in [0.25, 0.3) is 0 Å². The van der Waals surface area contributed by atoms with Gasteiger partial charge in [0.25, 0.3) is 0 Å². The molecule has 0 bridgehead atoms. The van der Waals surface area contributed by atoms with Crippen LogP contribution in [0.15, 0.2) is 0 Å². The van der Waals surface area contributed by atoms with Crippen LogP contribution in [-0.2, 0) is 80.1 Å². The molecule has 12 unspecified atom stereocenters. The Balaban J connectivity index is 0.000000294. The molecule has 0 amide bonds. The summed E-state index contributed by atoms with van der Waals surface area (Å²) in [6.07, 6.45) is 6.91. The Morgan fingerprint density at radius 3 is 1.20 bits per heavy atom. The van der Waals surface area contributed by atoms with Gasteiger partial charge in [0.2, 0.25) is 11.0 Å². The van der Waals surface area contributed by atoms with Crippen molar-refractivity contribution in [1.29, 1.82) is 0 Å². The Morgan fingerprint density at radius 1 is 0.347 bits per heavy atom. The van der Waals surface area contributed by atoms with Crippen molar-refractivity contribution in [2.24, 2.45) is 0 Å². The fourth-order valence-corrected chi connectivity index (χ4v) is 9.90. The molecule has 0 spiro atoms. The van der Waals surface area contributed by atoms with E-state index in [1.54, 1.807) is 0 Å². The lowest BCUT2D eigenvalue weighted by molar-refractivity contribution is -0.742. The first-order valence-electron chi connectivity index (χ1n) is 16.4. The lowest BCUT2D eigenvalue weighted by Gasteiger charge is -2.22. The fourth-order valence-electron chi connectivity index (χ4n) is 4.19. The van der Waals surface area contributed by atoms with Gasteiger partial charge in [0, 0.05) is 6.42 Å². The van der Waals surface area contributed by atoms with Gasteiger partial charge < -0.3 is 40.0 Å². The van der Waals surface area contributed by atoms with E-state index >= 15 is 0 Å². The summed E-state index contributed by atoms with van der Waals surface area (Å²) in [5, 5.41) is 0. The first-order valence-corrected chi connectivity index (χ1v) is 24.3. The van der Waals surface area contributed by atoms with Crippen LogP contribution in [-0.4, -0.2) is 126 Å². The zero-order valence-corrected chi connectivity index (χ0v) is 33.8. The minimum Gasteiger partial charge on any atom is -0.381 e. The minimum absolute atomic E-state index is 0.346. The number of quaternary nitrogens is 6. The summed E-state index contributed by atoms with van der Waals surface area (Å²) >= 11 is 0. The van der Waals surface area contributed by atoms with Gasteiger partial charge in [-0.25, -0.2) is 12.6 Å². The summed E-state index contributed by atoms with van der Waals surface area (Å²) in [6, 6.07) is 0. The highest BCUT2D eigenvalue weighted by molar-refractivity contribution is 7.79. The molecule has 0 aromatic heterocycles. The quantitative estimate of drug-likeness (QED) is 0.131. The molecule has 6 aliphatic heterocycles. The Morgan fingerprint density at radius 2 is 0.735 bits per heavy atom. The number of rotatable bonds is 0. The monoisotopic (exact) mass is 818 g/mol. The fraction of sp³-hybridized carbons (Fsp3) is 0.786. The maximum atomic E-state index is 11.0. The third-order valence-electron chi connectivity index (χ3n) is 7.37. The lowest BCUT2D eigenvalue weighted by atomic mass is 10.2. The van der Waals surface area contributed by atoms with Gasteiger partial charge in [-0.2, -0.15) is 12.6 Å². The van der Waals surface area contributed by atoms with Crippen LogP contribution in [0.4, 0.5) is 0 Å². The van der Waals surface area contributed by atoms with Crippen LogP contribution in [0.1, 0.15) is 38.5 Å². The summed E-state index contributed by atoms with van der Waals surface area (Å²) in [5.74, 6) is 4.13. The van der Waals surface area contributed by atoms with Crippen molar-refractivity contribution in [3.05, 3.63) is 42.3 Å². The van der Waals surface area contributed by atoms with Gasteiger partial charge in [-0.05, 0) is 32.1 Å². The Labute approximate surface area is 311 Å². The second-order valence-electron chi connectivity index (χ2n) is 11.4. The van der Waals surface area contributed by atoms with Crippen molar-refractivity contribution in [2.75, 3.05) is 101 Å². The molecular formula is C28H62N6O9S6. The number of hydrogen-bond acceptors (Lipinski definition) is 9. The highest BCUT2D eigenvalue weighted by Gasteiger charge is 2.15. The van der Waals surface area contributed by atoms with Gasteiger partial charge in [0.15, 0.2) is 67.6 Å². The van der Waals surface area contributed by atoms with Crippen LogP contribution in [0.5, 0.6) is 0 Å². The van der Waals surface area contributed by atoms with E-state index in [2.05, 4.69) is 42.3 Å². The third-order valence-corrected chi connectivity index (χ3v) is 15.8. The van der Waals surface area contributed by atoms with Crippen molar-refractivity contribution in [2.45, 2.75) is 38.5 Å². The van der Waals surface area contributed by atoms with E-state index in [9.17, 15) is 25.3 Å². The van der Waals surface area contributed by atoms with Crippen LogP contribution in [0, 0.1) is 42.3 Å².